The molecule has 39 heavy (non-hydrogen) atoms. The van der Waals surface area contributed by atoms with Crippen LogP contribution in [0, 0.1) is 32.1 Å². The Bertz CT molecular complexity index is 2090. The van der Waals surface area contributed by atoms with Crippen molar-refractivity contribution in [1.82, 2.24) is 19.5 Å². The van der Waals surface area contributed by atoms with E-state index in [9.17, 15) is 5.26 Å². The fourth-order valence-corrected chi connectivity index (χ4v) is 5.46. The Kier molecular flexibility index (Phi) is 5.07. The van der Waals surface area contributed by atoms with Crippen LogP contribution >= 0.6 is 0 Å². The number of furan rings is 1. The molecule has 4 aromatic heterocycles. The lowest BCUT2D eigenvalue weighted by Crippen LogP contribution is -2.04. The molecule has 6 heteroatoms. The topological polar surface area (TPSA) is 80.5 Å². The van der Waals surface area contributed by atoms with Crippen molar-refractivity contribution in [2.24, 2.45) is 0 Å². The van der Waals surface area contributed by atoms with Gasteiger partial charge in [-0.3, -0.25) is 9.55 Å². The average molecular weight is 506 g/mol. The third-order valence-corrected chi connectivity index (χ3v) is 7.21. The molecular formula is C33H23N5O. The number of imidazole rings is 1. The van der Waals surface area contributed by atoms with Gasteiger partial charge in [-0.2, -0.15) is 5.26 Å². The average Bonchev–Trinajstić information content (AvgIpc) is 3.50. The van der Waals surface area contributed by atoms with Crippen molar-refractivity contribution in [3.05, 3.63) is 108 Å². The molecule has 7 aromatic rings. The minimum Gasteiger partial charge on any atom is -0.438 e. The van der Waals surface area contributed by atoms with Crippen molar-refractivity contribution in [3.8, 4) is 34.3 Å². The summed E-state index contributed by atoms with van der Waals surface area (Å²) in [6.07, 6.45) is 3.69. The monoisotopic (exact) mass is 505 g/mol. The second kappa shape index (κ2) is 8.64. The highest BCUT2D eigenvalue weighted by atomic mass is 16.3. The summed E-state index contributed by atoms with van der Waals surface area (Å²) in [5.41, 5.74) is 11.1. The van der Waals surface area contributed by atoms with E-state index >= 15 is 0 Å². The quantitative estimate of drug-likeness (QED) is 0.244. The van der Waals surface area contributed by atoms with E-state index in [4.69, 9.17) is 9.40 Å². The summed E-state index contributed by atoms with van der Waals surface area (Å²) in [6, 6.07) is 26.6. The maximum atomic E-state index is 9.43. The first-order valence-electron chi connectivity index (χ1n) is 12.7. The van der Waals surface area contributed by atoms with Crippen LogP contribution < -0.4 is 0 Å². The Hall–Kier alpha value is -5.28. The molecule has 0 radical (unpaired) electrons. The predicted octanol–water partition coefficient (Wildman–Crippen LogP) is 7.85. The molecule has 7 rings (SSSR count). The summed E-state index contributed by atoms with van der Waals surface area (Å²) in [5, 5.41) is 11.1. The number of rotatable bonds is 3. The summed E-state index contributed by atoms with van der Waals surface area (Å²) in [6.45, 7) is 6.25. The van der Waals surface area contributed by atoms with Crippen LogP contribution in [0.15, 0.2) is 89.6 Å². The first-order chi connectivity index (χ1) is 19.0. The number of hydrogen-bond donors (Lipinski definition) is 0. The first kappa shape index (κ1) is 22.9. The molecule has 0 aliphatic carbocycles. The first-order valence-corrected chi connectivity index (χ1v) is 12.7. The smallest absolute Gasteiger partial charge is 0.227 e. The molecule has 6 nitrogen and oxygen atoms in total. The van der Waals surface area contributed by atoms with E-state index in [1.165, 1.54) is 11.1 Å². The minimum absolute atomic E-state index is 0.531. The molecule has 4 heterocycles. The van der Waals surface area contributed by atoms with Crippen LogP contribution in [0.3, 0.4) is 0 Å². The number of fused-ring (bicyclic) bond motifs is 4. The van der Waals surface area contributed by atoms with E-state index in [2.05, 4.69) is 76.9 Å². The highest BCUT2D eigenvalue weighted by molar-refractivity contribution is 6.05. The normalized spacial score (nSPS) is 11.4. The lowest BCUT2D eigenvalue weighted by atomic mass is 9.98. The van der Waals surface area contributed by atoms with Crippen LogP contribution in [-0.4, -0.2) is 19.5 Å². The van der Waals surface area contributed by atoms with Gasteiger partial charge in [0, 0.05) is 28.2 Å². The van der Waals surface area contributed by atoms with Crippen LogP contribution in [0.1, 0.15) is 22.4 Å². The summed E-state index contributed by atoms with van der Waals surface area (Å²) < 4.78 is 8.16. The Balaban J connectivity index is 1.49. The van der Waals surface area contributed by atoms with Gasteiger partial charge >= 0.3 is 0 Å². The molecular weight excluding hydrogens is 482 g/mol. The van der Waals surface area contributed by atoms with Gasteiger partial charge in [0.2, 0.25) is 5.71 Å². The van der Waals surface area contributed by atoms with Crippen LogP contribution in [0.5, 0.6) is 0 Å². The standard InChI is InChI=1S/C33H23N5O/c1-19-11-24(23-7-5-4-6-8-23)12-20(2)31(19)38-29-18-35-21(3)13-28(29)37-32(38)25-15-27-26-14-22(16-34)9-10-30(26)39-33(27)36-17-25/h4-15,17-18H,1-3H3. The molecule has 0 unspecified atom stereocenters. The highest BCUT2D eigenvalue weighted by Gasteiger charge is 2.20. The largest absolute Gasteiger partial charge is 0.438 e. The van der Waals surface area contributed by atoms with E-state index in [1.807, 2.05) is 37.4 Å². The maximum absolute atomic E-state index is 9.43. The fraction of sp³-hybridized carbons (Fsp3) is 0.0909. The Morgan fingerprint density at radius 3 is 2.33 bits per heavy atom. The second-order valence-corrected chi connectivity index (χ2v) is 9.91. The van der Waals surface area contributed by atoms with Crippen LogP contribution in [0.4, 0.5) is 0 Å². The lowest BCUT2D eigenvalue weighted by molar-refractivity contribution is 0.654. The van der Waals surface area contributed by atoms with E-state index in [0.29, 0.717) is 16.9 Å². The number of aromatic nitrogens is 4. The summed E-state index contributed by atoms with van der Waals surface area (Å²) in [4.78, 5) is 14.3. The molecule has 0 saturated carbocycles. The number of benzene rings is 3. The van der Waals surface area contributed by atoms with Gasteiger partial charge in [-0.25, -0.2) is 9.97 Å². The van der Waals surface area contributed by atoms with Gasteiger partial charge in [0.15, 0.2) is 0 Å². The zero-order valence-electron chi connectivity index (χ0n) is 21.7. The third-order valence-electron chi connectivity index (χ3n) is 7.21. The molecule has 3 aromatic carbocycles. The van der Waals surface area contributed by atoms with Crippen molar-refractivity contribution < 1.29 is 4.42 Å². The van der Waals surface area contributed by atoms with E-state index in [1.54, 1.807) is 12.3 Å². The summed E-state index contributed by atoms with van der Waals surface area (Å²) in [7, 11) is 0. The molecule has 0 amide bonds. The molecule has 0 aliphatic rings. The second-order valence-electron chi connectivity index (χ2n) is 9.91. The van der Waals surface area contributed by atoms with Crippen LogP contribution in [0.2, 0.25) is 0 Å². The van der Waals surface area contributed by atoms with Gasteiger partial charge in [0.1, 0.15) is 11.4 Å². The molecule has 0 N–H and O–H groups in total. The molecule has 0 atom stereocenters. The fourth-order valence-electron chi connectivity index (χ4n) is 5.46. The Morgan fingerprint density at radius 1 is 0.769 bits per heavy atom. The zero-order chi connectivity index (χ0) is 26.7. The van der Waals surface area contributed by atoms with Crippen molar-refractivity contribution >= 4 is 33.1 Å². The van der Waals surface area contributed by atoms with E-state index in [-0.39, 0.29) is 0 Å². The Labute approximate surface area is 224 Å². The lowest BCUT2D eigenvalue weighted by Gasteiger charge is -2.17. The zero-order valence-corrected chi connectivity index (χ0v) is 21.7. The number of pyridine rings is 2. The Morgan fingerprint density at radius 2 is 1.56 bits per heavy atom. The summed E-state index contributed by atoms with van der Waals surface area (Å²) >= 11 is 0. The molecule has 0 spiro atoms. The SMILES string of the molecule is Cc1cc2nc(-c3cnc4oc5ccc(C#N)cc5c4c3)n(-c3c(C)cc(-c4ccccc4)cc3C)c2cn1. The summed E-state index contributed by atoms with van der Waals surface area (Å²) in [5.74, 6) is 0.774. The third kappa shape index (κ3) is 3.67. The number of aryl methyl sites for hydroxylation is 3. The number of nitriles is 1. The van der Waals surface area contributed by atoms with Gasteiger partial charge < -0.3 is 4.42 Å². The van der Waals surface area contributed by atoms with Crippen LogP contribution in [0.25, 0.3) is 61.3 Å². The van der Waals surface area contributed by atoms with Crippen molar-refractivity contribution in [2.45, 2.75) is 20.8 Å². The number of hydrogen-bond acceptors (Lipinski definition) is 5. The molecule has 0 fully saturated rings. The van der Waals surface area contributed by atoms with Gasteiger partial charge in [0.05, 0.1) is 34.6 Å². The highest BCUT2D eigenvalue weighted by Crippen LogP contribution is 2.36. The molecule has 0 bridgehead atoms. The number of nitrogens with zero attached hydrogens (tertiary/aromatic N) is 5. The van der Waals surface area contributed by atoms with E-state index < -0.39 is 0 Å². The minimum atomic E-state index is 0.531. The predicted molar refractivity (Wildman–Crippen MR) is 154 cm³/mol. The van der Waals surface area contributed by atoms with Gasteiger partial charge in [-0.15, -0.1) is 0 Å². The molecule has 0 aliphatic heterocycles. The van der Waals surface area contributed by atoms with Crippen molar-refractivity contribution in [2.75, 3.05) is 0 Å². The molecule has 0 saturated heterocycles. The van der Waals surface area contributed by atoms with Crippen molar-refractivity contribution in [3.63, 3.8) is 0 Å². The van der Waals surface area contributed by atoms with Gasteiger partial charge in [0.25, 0.3) is 0 Å². The molecule has 186 valence electrons. The van der Waals surface area contributed by atoms with Gasteiger partial charge in [-0.1, -0.05) is 30.3 Å². The van der Waals surface area contributed by atoms with Gasteiger partial charge in [-0.05, 0) is 85.5 Å². The van der Waals surface area contributed by atoms with Crippen LogP contribution in [-0.2, 0) is 0 Å². The van der Waals surface area contributed by atoms with Crippen molar-refractivity contribution in [1.29, 1.82) is 5.26 Å². The van der Waals surface area contributed by atoms with E-state index in [0.717, 1.165) is 55.7 Å². The maximum Gasteiger partial charge on any atom is 0.227 e.